The van der Waals surface area contributed by atoms with E-state index in [1.165, 1.54) is 0 Å². The van der Waals surface area contributed by atoms with Gasteiger partial charge in [0.1, 0.15) is 0 Å². The van der Waals surface area contributed by atoms with Crippen LogP contribution in [0.2, 0.25) is 5.02 Å². The second-order valence-corrected chi connectivity index (χ2v) is 5.63. The number of halogens is 1. The van der Waals surface area contributed by atoms with Crippen LogP contribution in [0.1, 0.15) is 30.4 Å². The lowest BCUT2D eigenvalue weighted by atomic mass is 9.88. The fraction of sp³-hybridized carbons (Fsp3) is 0.278. The number of benzene rings is 2. The number of carbonyl (C=O) groups excluding carboxylic acids is 1. The first-order chi connectivity index (χ1) is 11.0. The van der Waals surface area contributed by atoms with Crippen LogP contribution in [-0.2, 0) is 4.79 Å². The van der Waals surface area contributed by atoms with Crippen molar-refractivity contribution in [3.63, 3.8) is 0 Å². The molecule has 2 aromatic rings. The van der Waals surface area contributed by atoms with Crippen molar-refractivity contribution in [1.82, 2.24) is 0 Å². The number of quaternary nitrogens is 1. The van der Waals surface area contributed by atoms with Gasteiger partial charge in [-0.15, -0.1) is 0 Å². The van der Waals surface area contributed by atoms with E-state index in [1.54, 1.807) is 7.11 Å². The van der Waals surface area contributed by atoms with E-state index < -0.39 is 0 Å². The molecule has 0 heterocycles. The summed E-state index contributed by atoms with van der Waals surface area (Å²) in [5.74, 6) is 1.13. The largest absolute Gasteiger partial charge is 0.493 e. The molecule has 0 aliphatic carbocycles. The van der Waals surface area contributed by atoms with Gasteiger partial charge in [0, 0.05) is 10.9 Å². The van der Waals surface area contributed by atoms with Crippen LogP contribution in [-0.4, -0.2) is 19.6 Å². The standard InChI is InChI=1S/C18H20ClNO3/c1-3-23-16-9-6-13(10-17(16)22-2)15(11-18(20)21)12-4-7-14(19)8-5-12/h4-10,15H,3,11H2,1-2H3,(H2,20,21)/p+1. The third kappa shape index (κ3) is 4.47. The minimum atomic E-state index is -0.113. The number of amides is 1. The summed E-state index contributed by atoms with van der Waals surface area (Å²) in [7, 11) is 1.60. The molecule has 0 saturated heterocycles. The zero-order valence-electron chi connectivity index (χ0n) is 13.3. The number of rotatable bonds is 7. The fourth-order valence-electron chi connectivity index (χ4n) is 2.53. The highest BCUT2D eigenvalue weighted by Gasteiger charge is 2.20. The molecule has 122 valence electrons. The van der Waals surface area contributed by atoms with E-state index in [0.29, 0.717) is 29.5 Å². The molecule has 5 heteroatoms. The number of ether oxygens (including phenoxy) is 2. The molecule has 0 aliphatic heterocycles. The van der Waals surface area contributed by atoms with Gasteiger partial charge in [-0.3, -0.25) is 5.73 Å². The number of hydrogen-bond acceptors (Lipinski definition) is 3. The summed E-state index contributed by atoms with van der Waals surface area (Å²) in [6, 6.07) is 13.2. The number of carbonyl (C=O) groups is 1. The average molecular weight is 335 g/mol. The topological polar surface area (TPSA) is 63.2 Å². The van der Waals surface area contributed by atoms with Gasteiger partial charge in [-0.2, -0.15) is 0 Å². The monoisotopic (exact) mass is 334 g/mol. The molecule has 4 nitrogen and oxygen atoms in total. The molecule has 0 radical (unpaired) electrons. The average Bonchev–Trinajstić information content (AvgIpc) is 2.54. The third-order valence-corrected chi connectivity index (χ3v) is 3.85. The van der Waals surface area contributed by atoms with E-state index in [9.17, 15) is 4.79 Å². The molecule has 0 bridgehead atoms. The predicted molar refractivity (Wildman–Crippen MR) is 90.0 cm³/mol. The summed E-state index contributed by atoms with van der Waals surface area (Å²) in [4.78, 5) is 11.6. The Morgan fingerprint density at radius 3 is 2.35 bits per heavy atom. The van der Waals surface area contributed by atoms with Gasteiger partial charge in [-0.25, -0.2) is 4.79 Å². The summed E-state index contributed by atoms with van der Waals surface area (Å²) in [5.41, 5.74) is 5.50. The quantitative estimate of drug-likeness (QED) is 0.846. The van der Waals surface area contributed by atoms with Crippen molar-refractivity contribution in [3.8, 4) is 11.5 Å². The molecular formula is C18H21ClNO3+. The van der Waals surface area contributed by atoms with E-state index in [4.69, 9.17) is 21.1 Å². The van der Waals surface area contributed by atoms with E-state index in [0.717, 1.165) is 11.1 Å². The lowest BCUT2D eigenvalue weighted by Gasteiger charge is -2.18. The maximum atomic E-state index is 11.6. The first kappa shape index (κ1) is 17.3. The van der Waals surface area contributed by atoms with Gasteiger partial charge in [-0.1, -0.05) is 29.8 Å². The van der Waals surface area contributed by atoms with Gasteiger partial charge in [0.05, 0.1) is 20.1 Å². The molecule has 1 amide bonds. The SMILES string of the molecule is CCOc1ccc(C(CC([NH3+])=O)c2ccc(Cl)cc2)cc1OC. The molecule has 1 unspecified atom stereocenters. The van der Waals surface area contributed by atoms with Crippen molar-refractivity contribution >= 4 is 17.5 Å². The second kappa shape index (κ2) is 7.99. The summed E-state index contributed by atoms with van der Waals surface area (Å²) >= 11 is 5.96. The smallest absolute Gasteiger partial charge is 0.309 e. The van der Waals surface area contributed by atoms with Gasteiger partial charge in [0.25, 0.3) is 0 Å². The highest BCUT2D eigenvalue weighted by atomic mass is 35.5. The molecule has 2 aromatic carbocycles. The Morgan fingerprint density at radius 2 is 1.78 bits per heavy atom. The number of hydrogen-bond donors (Lipinski definition) is 1. The zero-order valence-corrected chi connectivity index (χ0v) is 14.1. The Bertz CT molecular complexity index is 670. The molecule has 0 fully saturated rings. The van der Waals surface area contributed by atoms with Crippen molar-refractivity contribution in [1.29, 1.82) is 0 Å². The second-order valence-electron chi connectivity index (χ2n) is 5.19. The maximum Gasteiger partial charge on any atom is 0.309 e. The van der Waals surface area contributed by atoms with Crippen molar-refractivity contribution in [2.24, 2.45) is 0 Å². The van der Waals surface area contributed by atoms with Crippen LogP contribution in [0.3, 0.4) is 0 Å². The molecule has 0 aliphatic rings. The summed E-state index contributed by atoms with van der Waals surface area (Å²) < 4.78 is 10.9. The Hall–Kier alpha value is -2.04. The summed E-state index contributed by atoms with van der Waals surface area (Å²) in [6.07, 6.45) is 0.318. The zero-order chi connectivity index (χ0) is 16.8. The van der Waals surface area contributed by atoms with Gasteiger partial charge < -0.3 is 9.47 Å². The van der Waals surface area contributed by atoms with E-state index in [2.05, 4.69) is 5.73 Å². The molecule has 0 saturated carbocycles. The van der Waals surface area contributed by atoms with Gasteiger partial charge in [0.2, 0.25) is 0 Å². The molecule has 2 rings (SSSR count). The third-order valence-electron chi connectivity index (χ3n) is 3.59. The van der Waals surface area contributed by atoms with Crippen LogP contribution in [0.15, 0.2) is 42.5 Å². The molecule has 0 aromatic heterocycles. The van der Waals surface area contributed by atoms with E-state index >= 15 is 0 Å². The highest BCUT2D eigenvalue weighted by molar-refractivity contribution is 6.30. The van der Waals surface area contributed by atoms with E-state index in [-0.39, 0.29) is 11.8 Å². The van der Waals surface area contributed by atoms with Crippen molar-refractivity contribution in [2.45, 2.75) is 19.3 Å². The van der Waals surface area contributed by atoms with Crippen LogP contribution in [0.25, 0.3) is 0 Å². The van der Waals surface area contributed by atoms with Crippen molar-refractivity contribution in [3.05, 3.63) is 58.6 Å². The first-order valence-corrected chi connectivity index (χ1v) is 7.84. The molecular weight excluding hydrogens is 314 g/mol. The molecule has 23 heavy (non-hydrogen) atoms. The highest BCUT2D eigenvalue weighted by Crippen LogP contribution is 2.35. The molecule has 3 N–H and O–H groups in total. The van der Waals surface area contributed by atoms with E-state index in [1.807, 2.05) is 49.4 Å². The normalized spacial score (nSPS) is 11.8. The van der Waals surface area contributed by atoms with Gasteiger partial charge in [-0.05, 0) is 42.3 Å². The lowest BCUT2D eigenvalue weighted by Crippen LogP contribution is -2.57. The van der Waals surface area contributed by atoms with Gasteiger partial charge >= 0.3 is 5.91 Å². The van der Waals surface area contributed by atoms with Gasteiger partial charge in [0.15, 0.2) is 11.5 Å². The van der Waals surface area contributed by atoms with Crippen LogP contribution in [0, 0.1) is 0 Å². The first-order valence-electron chi connectivity index (χ1n) is 7.46. The molecule has 0 spiro atoms. The maximum absolute atomic E-state index is 11.6. The Morgan fingerprint density at radius 1 is 1.13 bits per heavy atom. The number of methoxy groups -OCH3 is 1. The van der Waals surface area contributed by atoms with Crippen molar-refractivity contribution in [2.75, 3.05) is 13.7 Å². The Kier molecular flexibility index (Phi) is 6.02. The van der Waals surface area contributed by atoms with Crippen LogP contribution in [0.5, 0.6) is 11.5 Å². The van der Waals surface area contributed by atoms with Crippen LogP contribution >= 0.6 is 11.6 Å². The molecule has 1 atom stereocenters. The Labute approximate surface area is 141 Å². The predicted octanol–water partition coefficient (Wildman–Crippen LogP) is 3.04. The lowest BCUT2D eigenvalue weighted by molar-refractivity contribution is -0.305. The Balaban J connectivity index is 2.42. The minimum Gasteiger partial charge on any atom is -0.493 e. The minimum absolute atomic E-state index is 0.0955. The van der Waals surface area contributed by atoms with Crippen molar-refractivity contribution < 1.29 is 20.0 Å². The fourth-order valence-corrected chi connectivity index (χ4v) is 2.65. The summed E-state index contributed by atoms with van der Waals surface area (Å²) in [5, 5.41) is 0.665. The van der Waals surface area contributed by atoms with Crippen LogP contribution in [0.4, 0.5) is 0 Å². The summed E-state index contributed by atoms with van der Waals surface area (Å²) in [6.45, 7) is 2.49. The van der Waals surface area contributed by atoms with Crippen LogP contribution < -0.4 is 15.2 Å².